The highest BCUT2D eigenvalue weighted by Crippen LogP contribution is 2.52. The summed E-state index contributed by atoms with van der Waals surface area (Å²) in [6, 6.07) is 0.392. The number of hydrogen-bond donors (Lipinski definition) is 4. The topological polar surface area (TPSA) is 145 Å². The van der Waals surface area contributed by atoms with Gasteiger partial charge in [-0.15, -0.1) is 11.8 Å². The fraction of sp³-hybridized carbons (Fsp3) is 0.750. The van der Waals surface area contributed by atoms with E-state index in [0.717, 1.165) is 43.7 Å². The minimum atomic E-state index is -1.06. The maximum absolute atomic E-state index is 12.4. The third-order valence-electron chi connectivity index (χ3n) is 6.95. The second-order valence-corrected chi connectivity index (χ2v) is 10.3. The number of aliphatic hydroxyl groups excluding tert-OH is 1. The van der Waals surface area contributed by atoms with E-state index in [1.807, 2.05) is 6.92 Å². The van der Waals surface area contributed by atoms with Crippen LogP contribution in [-0.2, 0) is 9.59 Å². The van der Waals surface area contributed by atoms with Crippen molar-refractivity contribution in [3.8, 4) is 0 Å². The molecular formula is C20H31N5O4S. The van der Waals surface area contributed by atoms with Crippen LogP contribution in [0.2, 0.25) is 0 Å². The van der Waals surface area contributed by atoms with Crippen LogP contribution in [0.3, 0.4) is 0 Å². The number of rotatable bonds is 6. The maximum atomic E-state index is 12.4. The molecule has 0 bridgehead atoms. The van der Waals surface area contributed by atoms with Crippen LogP contribution in [0.25, 0.3) is 0 Å². The number of aliphatic carboxylic acids is 1. The molecule has 0 radical (unpaired) electrons. The average Bonchev–Trinajstić information content (AvgIpc) is 2.86. The fourth-order valence-corrected chi connectivity index (χ4v) is 7.04. The molecule has 10 heteroatoms. The normalized spacial score (nSPS) is 35.5. The van der Waals surface area contributed by atoms with Crippen molar-refractivity contribution in [1.29, 1.82) is 0 Å². The van der Waals surface area contributed by atoms with Gasteiger partial charge in [0.25, 0.3) is 0 Å². The SMILES string of the molecule is C[C@@H](O)[C@H]1C(=O)N2C(C(=O)O)=C(SC3CN([C@@H]4CCC[C@H](N=C(N)N)C4)C3)[C@H](C)[C@H]12. The predicted molar refractivity (Wildman–Crippen MR) is 114 cm³/mol. The molecule has 3 heterocycles. The van der Waals surface area contributed by atoms with E-state index in [-0.39, 0.29) is 35.6 Å². The number of guanidine groups is 1. The van der Waals surface area contributed by atoms with E-state index in [9.17, 15) is 19.8 Å². The minimum absolute atomic E-state index is 0.0756. The quantitative estimate of drug-likeness (QED) is 0.261. The lowest BCUT2D eigenvalue weighted by atomic mass is 9.79. The summed E-state index contributed by atoms with van der Waals surface area (Å²) in [4.78, 5) is 33.3. The summed E-state index contributed by atoms with van der Waals surface area (Å²) < 4.78 is 0. The smallest absolute Gasteiger partial charge is 0.353 e. The number of carbonyl (C=O) groups is 2. The van der Waals surface area contributed by atoms with E-state index in [4.69, 9.17) is 11.5 Å². The number of amides is 1. The van der Waals surface area contributed by atoms with Gasteiger partial charge in [0.15, 0.2) is 5.96 Å². The second kappa shape index (κ2) is 8.05. The van der Waals surface area contributed by atoms with Crippen LogP contribution in [0, 0.1) is 11.8 Å². The summed E-state index contributed by atoms with van der Waals surface area (Å²) >= 11 is 1.60. The molecule has 4 rings (SSSR count). The van der Waals surface area contributed by atoms with Gasteiger partial charge in [-0.1, -0.05) is 6.92 Å². The second-order valence-electron chi connectivity index (χ2n) is 8.99. The van der Waals surface area contributed by atoms with Gasteiger partial charge in [0, 0.05) is 35.2 Å². The molecule has 0 aromatic rings. The molecule has 4 aliphatic rings. The number of carboxylic acid groups (broad SMARTS) is 1. The highest BCUT2D eigenvalue weighted by atomic mass is 32.2. The highest BCUT2D eigenvalue weighted by Gasteiger charge is 2.60. The molecule has 1 amide bonds. The standard InChI is InChI=1S/C20H31N5O4S/c1-9-15-14(10(2)26)18(27)25(15)16(19(28)29)17(9)30-13-7-24(8-13)12-5-3-4-11(6-12)23-20(21)22/h9-15,26H,3-8H2,1-2H3,(H,28,29)(H4,21,22,23)/t9-,10-,11+,12-,14-,15-/m1/s1. The van der Waals surface area contributed by atoms with Gasteiger partial charge in [0.1, 0.15) is 5.70 Å². The Morgan fingerprint density at radius 2 is 2.00 bits per heavy atom. The third-order valence-corrected chi connectivity index (χ3v) is 8.40. The number of nitrogens with zero attached hydrogens (tertiary/aromatic N) is 3. The Morgan fingerprint density at radius 3 is 2.60 bits per heavy atom. The number of fused-ring (bicyclic) bond motifs is 1. The zero-order valence-electron chi connectivity index (χ0n) is 17.4. The van der Waals surface area contributed by atoms with E-state index < -0.39 is 18.0 Å². The maximum Gasteiger partial charge on any atom is 0.353 e. The zero-order chi connectivity index (χ0) is 21.7. The Hall–Kier alpha value is -1.78. The number of carbonyl (C=O) groups excluding carboxylic acids is 1. The summed E-state index contributed by atoms with van der Waals surface area (Å²) in [5, 5.41) is 20.0. The predicted octanol–water partition coefficient (Wildman–Crippen LogP) is 0.142. The van der Waals surface area contributed by atoms with Gasteiger partial charge in [-0.3, -0.25) is 14.7 Å². The average molecular weight is 438 g/mol. The van der Waals surface area contributed by atoms with E-state index in [1.54, 1.807) is 18.7 Å². The summed E-state index contributed by atoms with van der Waals surface area (Å²) in [6.45, 7) is 5.35. The molecule has 9 nitrogen and oxygen atoms in total. The number of nitrogens with two attached hydrogens (primary N) is 2. The molecule has 0 unspecified atom stereocenters. The lowest BCUT2D eigenvalue weighted by molar-refractivity contribution is -0.163. The van der Waals surface area contributed by atoms with E-state index in [1.165, 1.54) is 4.90 Å². The van der Waals surface area contributed by atoms with Crippen LogP contribution in [0.15, 0.2) is 15.6 Å². The zero-order valence-corrected chi connectivity index (χ0v) is 18.2. The molecule has 2 saturated heterocycles. The van der Waals surface area contributed by atoms with Gasteiger partial charge in [-0.25, -0.2) is 4.79 Å². The summed E-state index contributed by atoms with van der Waals surface area (Å²) in [6.07, 6.45) is 3.43. The Balaban J connectivity index is 1.39. The molecule has 0 spiro atoms. The Labute approximate surface area is 180 Å². The van der Waals surface area contributed by atoms with Crippen molar-refractivity contribution in [3.63, 3.8) is 0 Å². The van der Waals surface area contributed by atoms with Gasteiger partial charge >= 0.3 is 5.97 Å². The molecule has 0 aromatic carbocycles. The summed E-state index contributed by atoms with van der Waals surface area (Å²) in [5.41, 5.74) is 11.2. The number of thioether (sulfide) groups is 1. The van der Waals surface area contributed by atoms with Gasteiger partial charge in [-0.05, 0) is 32.6 Å². The van der Waals surface area contributed by atoms with Crippen LogP contribution >= 0.6 is 11.8 Å². The minimum Gasteiger partial charge on any atom is -0.477 e. The van der Waals surface area contributed by atoms with Crippen molar-refractivity contribution in [1.82, 2.24) is 9.80 Å². The van der Waals surface area contributed by atoms with Crippen molar-refractivity contribution in [3.05, 3.63) is 10.6 Å². The van der Waals surface area contributed by atoms with E-state index in [2.05, 4.69) is 9.89 Å². The van der Waals surface area contributed by atoms with Crippen LogP contribution in [0.4, 0.5) is 0 Å². The van der Waals surface area contributed by atoms with Crippen molar-refractivity contribution >= 4 is 29.6 Å². The van der Waals surface area contributed by atoms with Gasteiger partial charge < -0.3 is 26.6 Å². The summed E-state index contributed by atoms with van der Waals surface area (Å²) in [7, 11) is 0. The number of carboxylic acids is 1. The molecule has 3 aliphatic heterocycles. The largest absolute Gasteiger partial charge is 0.477 e. The molecule has 3 fully saturated rings. The monoisotopic (exact) mass is 437 g/mol. The first-order valence-corrected chi connectivity index (χ1v) is 11.5. The first-order chi connectivity index (χ1) is 14.2. The molecule has 6 N–H and O–H groups in total. The van der Waals surface area contributed by atoms with Gasteiger partial charge in [0.2, 0.25) is 5.91 Å². The molecule has 0 aromatic heterocycles. The van der Waals surface area contributed by atoms with Crippen molar-refractivity contribution in [2.24, 2.45) is 28.3 Å². The van der Waals surface area contributed by atoms with Crippen molar-refractivity contribution < 1.29 is 19.8 Å². The van der Waals surface area contributed by atoms with Crippen LogP contribution in [-0.4, -0.2) is 80.4 Å². The number of aliphatic imine (C=N–C) groups is 1. The van der Waals surface area contributed by atoms with Crippen molar-refractivity contribution in [2.45, 2.75) is 69.0 Å². The molecule has 30 heavy (non-hydrogen) atoms. The van der Waals surface area contributed by atoms with Crippen LogP contribution < -0.4 is 11.5 Å². The summed E-state index contributed by atoms with van der Waals surface area (Å²) in [5.74, 6) is -1.78. The molecular weight excluding hydrogens is 406 g/mol. The first-order valence-electron chi connectivity index (χ1n) is 10.7. The Kier molecular flexibility index (Phi) is 5.75. The number of likely N-dealkylation sites (tertiary alicyclic amines) is 1. The first kappa shape index (κ1) is 21.5. The van der Waals surface area contributed by atoms with Gasteiger partial charge in [0.05, 0.1) is 24.1 Å². The number of hydrogen-bond acceptors (Lipinski definition) is 6. The molecule has 1 aliphatic carbocycles. The number of β-lactam (4-membered cyclic amide) rings is 1. The van der Waals surface area contributed by atoms with Crippen LogP contribution in [0.1, 0.15) is 39.5 Å². The highest BCUT2D eigenvalue weighted by molar-refractivity contribution is 8.03. The Bertz CT molecular complexity index is 790. The van der Waals surface area contributed by atoms with E-state index >= 15 is 0 Å². The lowest BCUT2D eigenvalue weighted by Gasteiger charge is -2.47. The van der Waals surface area contributed by atoms with Crippen LogP contribution in [0.5, 0.6) is 0 Å². The van der Waals surface area contributed by atoms with E-state index in [0.29, 0.717) is 11.3 Å². The van der Waals surface area contributed by atoms with Crippen molar-refractivity contribution in [2.75, 3.05) is 13.1 Å². The molecule has 1 saturated carbocycles. The molecule has 166 valence electrons. The third kappa shape index (κ3) is 3.58. The molecule has 6 atom stereocenters. The number of aliphatic hydroxyl groups is 1. The Morgan fingerprint density at radius 1 is 1.30 bits per heavy atom. The fourth-order valence-electron chi connectivity index (χ4n) is 5.50. The van der Waals surface area contributed by atoms with Gasteiger partial charge in [-0.2, -0.15) is 0 Å². The lowest BCUT2D eigenvalue weighted by Crippen LogP contribution is -2.63.